The molecule has 7 rings (SSSR count). The van der Waals surface area contributed by atoms with Gasteiger partial charge in [0.1, 0.15) is 12.2 Å². The standard InChI is InChI=1S/C44H48N2O12/c1-24(22-45-39(52)33(49)32(26-15-9-6-10-16-26)46-38(51)27-17-11-7-12-18-27)31-34-36(50)42(5)29(48)21-30-43(23-55-30,57-25(2)47)35(42)37(44(54,58-34)41(31,3)4)56-40(53)28-19-13-8-14-20-28/h6-20,29-30,32-35,37,48-49,54H,21-23H2,1-5H3,(H,45,52)(H,46,51)/b31-24-/t29-,30+,32-,33+,34+,35?,37-,42+,43-,44+/m0/s1. The van der Waals surface area contributed by atoms with Gasteiger partial charge in [0.2, 0.25) is 5.79 Å². The zero-order valence-corrected chi connectivity index (χ0v) is 32.8. The van der Waals surface area contributed by atoms with E-state index in [4.69, 9.17) is 18.9 Å². The number of ketones is 1. The minimum absolute atomic E-state index is 0.102. The lowest BCUT2D eigenvalue weighted by Gasteiger charge is -2.63. The monoisotopic (exact) mass is 796 g/mol. The summed E-state index contributed by atoms with van der Waals surface area (Å²) in [5, 5.41) is 41.7. The number of rotatable bonds is 10. The number of benzene rings is 3. The minimum Gasteiger partial charge on any atom is -0.453 e. The quantitative estimate of drug-likeness (QED) is 0.148. The van der Waals surface area contributed by atoms with Gasteiger partial charge in [0.05, 0.1) is 35.6 Å². The molecule has 4 fully saturated rings. The molecule has 3 saturated heterocycles. The van der Waals surface area contributed by atoms with Crippen molar-refractivity contribution in [1.82, 2.24) is 10.6 Å². The van der Waals surface area contributed by atoms with Gasteiger partial charge in [-0.3, -0.25) is 19.2 Å². The van der Waals surface area contributed by atoms with E-state index in [2.05, 4.69) is 10.6 Å². The lowest BCUT2D eigenvalue weighted by Crippen LogP contribution is -2.79. The summed E-state index contributed by atoms with van der Waals surface area (Å²) in [6.45, 7) is 7.11. The van der Waals surface area contributed by atoms with Crippen LogP contribution >= 0.6 is 0 Å². The van der Waals surface area contributed by atoms with Crippen molar-refractivity contribution in [1.29, 1.82) is 0 Å². The fraction of sp³-hybridized carbons (Fsp3) is 0.432. The summed E-state index contributed by atoms with van der Waals surface area (Å²) >= 11 is 0. The summed E-state index contributed by atoms with van der Waals surface area (Å²) in [7, 11) is 0. The van der Waals surface area contributed by atoms with Gasteiger partial charge in [0.25, 0.3) is 11.8 Å². The smallest absolute Gasteiger partial charge is 0.338 e. The maximum absolute atomic E-state index is 15.1. The van der Waals surface area contributed by atoms with E-state index >= 15 is 4.79 Å². The molecule has 14 nitrogen and oxygen atoms in total. The molecule has 4 aliphatic rings. The van der Waals surface area contributed by atoms with Crippen LogP contribution in [0.5, 0.6) is 0 Å². The van der Waals surface area contributed by atoms with Gasteiger partial charge in [0.15, 0.2) is 23.6 Å². The van der Waals surface area contributed by atoms with E-state index in [1.54, 1.807) is 99.6 Å². The van der Waals surface area contributed by atoms with Crippen molar-refractivity contribution < 1.29 is 58.2 Å². The number of nitrogens with one attached hydrogen (secondary N) is 2. The second-order valence-electron chi connectivity index (χ2n) is 16.3. The molecule has 5 N–H and O–H groups in total. The second-order valence-corrected chi connectivity index (χ2v) is 16.3. The van der Waals surface area contributed by atoms with E-state index in [0.29, 0.717) is 16.7 Å². The fourth-order valence-corrected chi connectivity index (χ4v) is 9.47. The molecule has 58 heavy (non-hydrogen) atoms. The minimum atomic E-state index is -2.47. The molecule has 3 heterocycles. The van der Waals surface area contributed by atoms with E-state index in [-0.39, 0.29) is 30.7 Å². The number of Topliss-reactive ketones (excluding diaryl/α,β-unsaturated/α-hetero) is 1. The van der Waals surface area contributed by atoms with Crippen LogP contribution in [0.15, 0.2) is 102 Å². The molecule has 3 aromatic carbocycles. The first-order valence-corrected chi connectivity index (χ1v) is 19.2. The largest absolute Gasteiger partial charge is 0.453 e. The van der Waals surface area contributed by atoms with Gasteiger partial charge in [-0.25, -0.2) is 4.79 Å². The molecule has 3 aromatic rings. The molecule has 2 bridgehead atoms. The number of carbonyl (C=O) groups is 5. The third-order valence-corrected chi connectivity index (χ3v) is 12.6. The molecule has 306 valence electrons. The van der Waals surface area contributed by atoms with Crippen LogP contribution in [0.25, 0.3) is 0 Å². The van der Waals surface area contributed by atoms with E-state index in [0.717, 1.165) is 0 Å². The molecule has 14 heteroatoms. The van der Waals surface area contributed by atoms with Crippen molar-refractivity contribution in [2.45, 2.75) is 89.0 Å². The van der Waals surface area contributed by atoms with Crippen LogP contribution in [-0.4, -0.2) is 99.9 Å². The molecule has 10 atom stereocenters. The number of hydrogen-bond acceptors (Lipinski definition) is 12. The fourth-order valence-electron chi connectivity index (χ4n) is 9.47. The van der Waals surface area contributed by atoms with Crippen LogP contribution in [0.4, 0.5) is 0 Å². The highest BCUT2D eigenvalue weighted by molar-refractivity contribution is 5.96. The highest BCUT2D eigenvalue weighted by atomic mass is 16.7. The third kappa shape index (κ3) is 6.52. The Labute approximate surface area is 335 Å². The maximum atomic E-state index is 15.1. The summed E-state index contributed by atoms with van der Waals surface area (Å²) in [5.74, 6) is -7.36. The molecule has 0 radical (unpaired) electrons. The molecular weight excluding hydrogens is 748 g/mol. The maximum Gasteiger partial charge on any atom is 0.338 e. The van der Waals surface area contributed by atoms with E-state index in [9.17, 15) is 34.5 Å². The Hall–Kier alpha value is -5.25. The second kappa shape index (κ2) is 15.2. The molecule has 1 aliphatic carbocycles. The van der Waals surface area contributed by atoms with Gasteiger partial charge >= 0.3 is 11.9 Å². The summed E-state index contributed by atoms with van der Waals surface area (Å²) in [6, 6.07) is 23.8. The Kier molecular flexibility index (Phi) is 10.7. The van der Waals surface area contributed by atoms with Gasteiger partial charge in [-0.1, -0.05) is 86.2 Å². The van der Waals surface area contributed by atoms with Gasteiger partial charge in [-0.2, -0.15) is 0 Å². The van der Waals surface area contributed by atoms with Crippen LogP contribution < -0.4 is 10.6 Å². The van der Waals surface area contributed by atoms with Gasteiger partial charge in [-0.05, 0) is 49.2 Å². The van der Waals surface area contributed by atoms with Crippen molar-refractivity contribution >= 4 is 29.5 Å². The number of aliphatic hydroxyl groups excluding tert-OH is 2. The zero-order chi connectivity index (χ0) is 41.8. The predicted octanol–water partition coefficient (Wildman–Crippen LogP) is 2.96. The highest BCUT2D eigenvalue weighted by Crippen LogP contribution is 2.65. The number of amides is 2. The Morgan fingerprint density at radius 1 is 0.897 bits per heavy atom. The summed E-state index contributed by atoms with van der Waals surface area (Å²) in [4.78, 5) is 68.6. The lowest BCUT2D eigenvalue weighted by molar-refractivity contribution is -0.356. The van der Waals surface area contributed by atoms with Gasteiger partial charge < -0.3 is 44.9 Å². The first kappa shape index (κ1) is 40.9. The van der Waals surface area contributed by atoms with Crippen molar-refractivity contribution in [3.05, 3.63) is 119 Å². The topological polar surface area (TPSA) is 207 Å². The SMILES string of the molecule is CC(=O)O[C@@]12CO[C@@H]1C[C@H](O)[C@@]1(C)C(=O)[C@@H]3O[C@](O)([C@@H](OC(=O)c4ccccc4)C12)C(C)(C)/C3=C(/C)CNC(=O)[C@H](O)[C@@H](NC(=O)c1ccccc1)c1ccccc1. The van der Waals surface area contributed by atoms with Crippen molar-refractivity contribution in [3.8, 4) is 0 Å². The van der Waals surface area contributed by atoms with Crippen molar-refractivity contribution in [2.24, 2.45) is 16.7 Å². The summed E-state index contributed by atoms with van der Waals surface area (Å²) in [6.07, 6.45) is -7.38. The molecule has 1 saturated carbocycles. The van der Waals surface area contributed by atoms with Crippen molar-refractivity contribution in [2.75, 3.05) is 13.2 Å². The highest BCUT2D eigenvalue weighted by Gasteiger charge is 2.80. The summed E-state index contributed by atoms with van der Waals surface area (Å²) < 4.78 is 24.4. The lowest BCUT2D eigenvalue weighted by atomic mass is 9.49. The first-order valence-electron chi connectivity index (χ1n) is 19.2. The number of fused-ring (bicyclic) bond motifs is 5. The molecular formula is C44H48N2O12. The summed E-state index contributed by atoms with van der Waals surface area (Å²) in [5.41, 5.74) is -3.35. The predicted molar refractivity (Wildman–Crippen MR) is 206 cm³/mol. The zero-order valence-electron chi connectivity index (χ0n) is 32.8. The average Bonchev–Trinajstić information content (AvgIpc) is 3.39. The molecule has 2 amide bonds. The van der Waals surface area contributed by atoms with Gasteiger partial charge in [-0.15, -0.1) is 0 Å². The molecule has 0 aromatic heterocycles. The molecule has 1 unspecified atom stereocenters. The Bertz CT molecular complexity index is 2130. The first-order chi connectivity index (χ1) is 27.5. The van der Waals surface area contributed by atoms with E-state index in [1.165, 1.54) is 26.0 Å². The van der Waals surface area contributed by atoms with Crippen molar-refractivity contribution in [3.63, 3.8) is 0 Å². The van der Waals surface area contributed by atoms with Crippen LogP contribution in [0.3, 0.4) is 0 Å². The van der Waals surface area contributed by atoms with Crippen LogP contribution in [0.2, 0.25) is 0 Å². The van der Waals surface area contributed by atoms with Crippen LogP contribution in [-0.2, 0) is 33.3 Å². The van der Waals surface area contributed by atoms with Crippen LogP contribution in [0.1, 0.15) is 73.4 Å². The number of ether oxygens (including phenoxy) is 4. The van der Waals surface area contributed by atoms with Crippen LogP contribution in [0, 0.1) is 16.7 Å². The van der Waals surface area contributed by atoms with E-state index in [1.807, 2.05) is 0 Å². The molecule has 3 aliphatic heterocycles. The number of hydrogen-bond donors (Lipinski definition) is 5. The Balaban J connectivity index is 1.24. The average molecular weight is 797 g/mol. The van der Waals surface area contributed by atoms with Gasteiger partial charge in [0, 0.05) is 30.9 Å². The van der Waals surface area contributed by atoms with E-state index < -0.39 is 94.2 Å². The number of esters is 2. The Morgan fingerprint density at radius 3 is 2.05 bits per heavy atom. The Morgan fingerprint density at radius 2 is 1.48 bits per heavy atom. The molecule has 0 spiro atoms. The third-order valence-electron chi connectivity index (χ3n) is 12.6. The number of carbonyl (C=O) groups excluding carboxylic acids is 5. The number of aliphatic hydroxyl groups is 3. The normalized spacial score (nSPS) is 32.5.